The fourth-order valence-electron chi connectivity index (χ4n) is 1.89. The number of halogens is 2. The van der Waals surface area contributed by atoms with E-state index >= 15 is 0 Å². The van der Waals surface area contributed by atoms with E-state index in [0.717, 1.165) is 0 Å². The molecule has 0 fully saturated rings. The molecule has 2 rings (SSSR count). The van der Waals surface area contributed by atoms with Crippen LogP contribution < -0.4 is 26.4 Å². The minimum Gasteiger partial charge on any atom is -0.490 e. The molecule has 3 amide bonds. The van der Waals surface area contributed by atoms with Crippen molar-refractivity contribution in [3.63, 3.8) is 0 Å². The van der Waals surface area contributed by atoms with E-state index in [4.69, 9.17) is 33.7 Å². The number of hydrogen-bond donors (Lipinski definition) is 4. The van der Waals surface area contributed by atoms with Gasteiger partial charge in [0.2, 0.25) is 0 Å². The van der Waals surface area contributed by atoms with Crippen molar-refractivity contribution in [1.29, 1.82) is 0 Å². The minimum absolute atomic E-state index is 0.0589. The number of rotatable bonds is 5. The lowest BCUT2D eigenvalue weighted by Crippen LogP contribution is -2.49. The maximum Gasteiger partial charge on any atom is 0.323 e. The standard InChI is InChI=1S/C15H16Cl2N4O3/c1-7(6-24-11-5-9(16)3-4-10(11)17)19-14(22)13-12(18)8(2)20-15(23)21-13/h3-5,7H,2,6,18H2,1H3,(H,19,22)(H2,20,21,23)/t7-/m1/s1. The SMILES string of the molecule is C=C1NC(=O)NC(C(=O)N[C@H](C)COc2cc(Cl)ccc2Cl)=C1N. The summed E-state index contributed by atoms with van der Waals surface area (Å²) in [6.07, 6.45) is 0. The Bertz CT molecular complexity index is 733. The van der Waals surface area contributed by atoms with Gasteiger partial charge in [0, 0.05) is 11.1 Å². The highest BCUT2D eigenvalue weighted by Crippen LogP contribution is 2.27. The Morgan fingerprint density at radius 2 is 2.12 bits per heavy atom. The first-order valence-corrected chi connectivity index (χ1v) is 7.69. The number of nitrogens with two attached hydrogens (primary N) is 1. The molecule has 9 heteroatoms. The maximum atomic E-state index is 12.2. The van der Waals surface area contributed by atoms with Gasteiger partial charge in [0.15, 0.2) is 0 Å². The second-order valence-electron chi connectivity index (χ2n) is 5.11. The van der Waals surface area contributed by atoms with Crippen molar-refractivity contribution in [3.8, 4) is 5.75 Å². The van der Waals surface area contributed by atoms with Crippen LogP contribution in [0.1, 0.15) is 6.92 Å². The summed E-state index contributed by atoms with van der Waals surface area (Å²) in [7, 11) is 0. The van der Waals surface area contributed by atoms with Crippen LogP contribution in [0.4, 0.5) is 4.79 Å². The van der Waals surface area contributed by atoms with Crippen LogP contribution >= 0.6 is 23.2 Å². The quantitative estimate of drug-likeness (QED) is 0.634. The molecule has 24 heavy (non-hydrogen) atoms. The molecule has 1 heterocycles. The number of benzene rings is 1. The van der Waals surface area contributed by atoms with Crippen LogP contribution in [0.15, 0.2) is 41.9 Å². The summed E-state index contributed by atoms with van der Waals surface area (Å²) in [4.78, 5) is 23.6. The molecule has 1 aliphatic rings. The van der Waals surface area contributed by atoms with Crippen LogP contribution in [0.25, 0.3) is 0 Å². The Kier molecular flexibility index (Phi) is 5.58. The molecule has 0 spiro atoms. The molecule has 0 aliphatic carbocycles. The van der Waals surface area contributed by atoms with Gasteiger partial charge in [-0.2, -0.15) is 0 Å². The Labute approximate surface area is 148 Å². The van der Waals surface area contributed by atoms with Gasteiger partial charge >= 0.3 is 6.03 Å². The van der Waals surface area contributed by atoms with E-state index in [-0.39, 0.29) is 29.7 Å². The van der Waals surface area contributed by atoms with Crippen LogP contribution in [-0.2, 0) is 4.79 Å². The zero-order valence-corrected chi connectivity index (χ0v) is 14.3. The first-order valence-electron chi connectivity index (χ1n) is 6.93. The summed E-state index contributed by atoms with van der Waals surface area (Å²) in [5, 5.41) is 8.27. The van der Waals surface area contributed by atoms with Gasteiger partial charge in [0.25, 0.3) is 5.91 Å². The lowest BCUT2D eigenvalue weighted by atomic mass is 10.2. The number of carbonyl (C=O) groups excluding carboxylic acids is 2. The van der Waals surface area contributed by atoms with Crippen LogP contribution in [0.2, 0.25) is 10.0 Å². The number of nitrogens with one attached hydrogen (secondary N) is 3. The van der Waals surface area contributed by atoms with E-state index in [0.29, 0.717) is 15.8 Å². The van der Waals surface area contributed by atoms with Crippen molar-refractivity contribution in [2.75, 3.05) is 6.61 Å². The van der Waals surface area contributed by atoms with Gasteiger partial charge < -0.3 is 26.4 Å². The zero-order valence-electron chi connectivity index (χ0n) is 12.8. The monoisotopic (exact) mass is 370 g/mol. The summed E-state index contributed by atoms with van der Waals surface area (Å²) in [5.74, 6) is -0.135. The van der Waals surface area contributed by atoms with Crippen LogP contribution in [0.5, 0.6) is 5.75 Å². The van der Waals surface area contributed by atoms with E-state index in [2.05, 4.69) is 22.5 Å². The van der Waals surface area contributed by atoms with Crippen molar-refractivity contribution in [2.45, 2.75) is 13.0 Å². The van der Waals surface area contributed by atoms with Crippen LogP contribution in [0, 0.1) is 0 Å². The lowest BCUT2D eigenvalue weighted by Gasteiger charge is -2.22. The normalized spacial score (nSPS) is 15.5. The number of carbonyl (C=O) groups is 2. The Morgan fingerprint density at radius 1 is 1.42 bits per heavy atom. The van der Waals surface area contributed by atoms with Crippen molar-refractivity contribution >= 4 is 35.1 Å². The van der Waals surface area contributed by atoms with E-state index in [1.54, 1.807) is 25.1 Å². The van der Waals surface area contributed by atoms with Crippen molar-refractivity contribution in [3.05, 3.63) is 51.9 Å². The third kappa shape index (κ3) is 4.33. The van der Waals surface area contributed by atoms with E-state index < -0.39 is 11.9 Å². The van der Waals surface area contributed by atoms with E-state index in [9.17, 15) is 9.59 Å². The Hall–Kier alpha value is -2.38. The molecule has 1 aromatic rings. The largest absolute Gasteiger partial charge is 0.490 e. The molecule has 5 N–H and O–H groups in total. The molecule has 0 radical (unpaired) electrons. The third-order valence-corrected chi connectivity index (χ3v) is 3.63. The van der Waals surface area contributed by atoms with E-state index in [1.807, 2.05) is 0 Å². The second kappa shape index (κ2) is 7.46. The number of hydrogen-bond acceptors (Lipinski definition) is 4. The Morgan fingerprint density at radius 3 is 2.83 bits per heavy atom. The summed E-state index contributed by atoms with van der Waals surface area (Å²) >= 11 is 11.9. The first-order chi connectivity index (χ1) is 11.3. The number of urea groups is 1. The fourth-order valence-corrected chi connectivity index (χ4v) is 2.22. The predicted octanol–water partition coefficient (Wildman–Crippen LogP) is 1.87. The fraction of sp³-hybridized carbons (Fsp3) is 0.200. The van der Waals surface area contributed by atoms with Gasteiger partial charge in [-0.1, -0.05) is 29.8 Å². The molecular weight excluding hydrogens is 355 g/mol. The van der Waals surface area contributed by atoms with Crippen LogP contribution in [-0.4, -0.2) is 24.6 Å². The zero-order chi connectivity index (χ0) is 17.9. The average molecular weight is 371 g/mol. The molecule has 0 unspecified atom stereocenters. The molecule has 1 aromatic carbocycles. The molecule has 0 bridgehead atoms. The third-order valence-electron chi connectivity index (χ3n) is 3.08. The highest BCUT2D eigenvalue weighted by Gasteiger charge is 2.24. The number of ether oxygens (including phenoxy) is 1. The highest BCUT2D eigenvalue weighted by atomic mass is 35.5. The molecular formula is C15H16Cl2N4O3. The summed E-state index contributed by atoms with van der Waals surface area (Å²) in [5.41, 5.74) is 5.92. The summed E-state index contributed by atoms with van der Waals surface area (Å²) < 4.78 is 5.54. The Balaban J connectivity index is 1.97. The molecule has 0 saturated heterocycles. The summed E-state index contributed by atoms with van der Waals surface area (Å²) in [6.45, 7) is 5.44. The molecule has 0 aromatic heterocycles. The second-order valence-corrected chi connectivity index (χ2v) is 5.95. The van der Waals surface area contributed by atoms with Gasteiger partial charge in [-0.05, 0) is 19.1 Å². The molecule has 1 aliphatic heterocycles. The molecule has 7 nitrogen and oxygen atoms in total. The van der Waals surface area contributed by atoms with Gasteiger partial charge in [-0.3, -0.25) is 4.79 Å². The number of amides is 3. The lowest BCUT2D eigenvalue weighted by molar-refractivity contribution is -0.118. The smallest absolute Gasteiger partial charge is 0.323 e. The van der Waals surface area contributed by atoms with E-state index in [1.165, 1.54) is 0 Å². The average Bonchev–Trinajstić information content (AvgIpc) is 2.51. The maximum absolute atomic E-state index is 12.2. The van der Waals surface area contributed by atoms with Gasteiger partial charge in [0.05, 0.1) is 22.5 Å². The summed E-state index contributed by atoms with van der Waals surface area (Å²) in [6, 6.07) is 3.88. The molecule has 0 saturated carbocycles. The van der Waals surface area contributed by atoms with Crippen molar-refractivity contribution < 1.29 is 14.3 Å². The molecule has 128 valence electrons. The minimum atomic E-state index is -0.575. The topological polar surface area (TPSA) is 105 Å². The first kappa shape index (κ1) is 18.0. The highest BCUT2D eigenvalue weighted by molar-refractivity contribution is 6.34. The predicted molar refractivity (Wildman–Crippen MR) is 91.6 cm³/mol. The van der Waals surface area contributed by atoms with Crippen molar-refractivity contribution in [2.24, 2.45) is 5.73 Å². The van der Waals surface area contributed by atoms with Gasteiger partial charge in [-0.15, -0.1) is 0 Å². The molecule has 1 atom stereocenters. The van der Waals surface area contributed by atoms with Crippen LogP contribution in [0.3, 0.4) is 0 Å². The van der Waals surface area contributed by atoms with Crippen molar-refractivity contribution in [1.82, 2.24) is 16.0 Å². The van der Waals surface area contributed by atoms with Gasteiger partial charge in [-0.25, -0.2) is 4.79 Å². The van der Waals surface area contributed by atoms with Gasteiger partial charge in [0.1, 0.15) is 18.1 Å².